The summed E-state index contributed by atoms with van der Waals surface area (Å²) in [4.78, 5) is 3.82. The van der Waals surface area contributed by atoms with Crippen LogP contribution in [0.5, 0.6) is 0 Å². The molecule has 2 nitrogen and oxygen atoms in total. The van der Waals surface area contributed by atoms with Gasteiger partial charge in [0, 0.05) is 6.20 Å². The lowest BCUT2D eigenvalue weighted by atomic mass is 10.2. The summed E-state index contributed by atoms with van der Waals surface area (Å²) in [5, 5.41) is 9.60. The van der Waals surface area contributed by atoms with E-state index < -0.39 is 6.10 Å². The van der Waals surface area contributed by atoms with E-state index in [1.54, 1.807) is 12.1 Å². The molecule has 1 rings (SSSR count). The molecule has 0 radical (unpaired) electrons. The maximum Gasteiger partial charge on any atom is 0.156 e. The van der Waals surface area contributed by atoms with Gasteiger partial charge in [0.1, 0.15) is 0 Å². The van der Waals surface area contributed by atoms with Gasteiger partial charge in [-0.3, -0.25) is 4.98 Å². The van der Waals surface area contributed by atoms with Crippen LogP contribution >= 0.6 is 11.6 Å². The van der Waals surface area contributed by atoms with Crippen molar-refractivity contribution in [2.24, 2.45) is 0 Å². The van der Waals surface area contributed by atoms with E-state index in [9.17, 15) is 0 Å². The first-order chi connectivity index (χ1) is 5.24. The van der Waals surface area contributed by atoms with Crippen LogP contribution in [0.25, 0.3) is 0 Å². The number of halogens is 1. The van der Waals surface area contributed by atoms with Gasteiger partial charge in [0.15, 0.2) is 6.10 Å². The van der Waals surface area contributed by atoms with Crippen molar-refractivity contribution in [1.29, 1.82) is 0 Å². The van der Waals surface area contributed by atoms with E-state index in [1.807, 2.05) is 0 Å². The molecule has 1 aromatic rings. The monoisotopic (exact) mass is 167 g/mol. The third-order valence-corrected chi connectivity index (χ3v) is 1.41. The molecule has 1 N–H and O–H groups in total. The summed E-state index contributed by atoms with van der Waals surface area (Å²) < 4.78 is 0. The molecule has 0 aromatic carbocycles. The number of hydrogen-bond donors (Lipinski definition) is 1. The molecule has 1 aromatic heterocycles. The van der Waals surface area contributed by atoms with Crippen LogP contribution in [0.1, 0.15) is 11.8 Å². The highest BCUT2D eigenvalue weighted by atomic mass is 35.5. The molecule has 0 saturated heterocycles. The van der Waals surface area contributed by atoms with E-state index in [4.69, 9.17) is 23.1 Å². The van der Waals surface area contributed by atoms with Crippen LogP contribution in [0, 0.1) is 12.3 Å². The number of aliphatic hydroxyl groups excluding tert-OH is 1. The fraction of sp³-hybridized carbons (Fsp3) is 0.125. The largest absolute Gasteiger partial charge is 0.374 e. The van der Waals surface area contributed by atoms with Crippen LogP contribution in [0.3, 0.4) is 0 Å². The van der Waals surface area contributed by atoms with E-state index in [2.05, 4.69) is 10.9 Å². The molecule has 56 valence electrons. The SMILES string of the molecule is C#C[C@H](O)c1ccc(Cl)cn1. The van der Waals surface area contributed by atoms with Gasteiger partial charge in [-0.1, -0.05) is 17.5 Å². The Morgan fingerprint density at radius 3 is 2.82 bits per heavy atom. The van der Waals surface area contributed by atoms with Gasteiger partial charge in [-0.25, -0.2) is 0 Å². The Morgan fingerprint density at radius 2 is 2.36 bits per heavy atom. The van der Waals surface area contributed by atoms with Crippen molar-refractivity contribution in [3.05, 3.63) is 29.0 Å². The zero-order valence-corrected chi connectivity index (χ0v) is 6.42. The summed E-state index contributed by atoms with van der Waals surface area (Å²) in [5.74, 6) is 2.15. The molecule has 0 aliphatic heterocycles. The fourth-order valence-electron chi connectivity index (χ4n) is 0.634. The van der Waals surface area contributed by atoms with Gasteiger partial charge in [-0.15, -0.1) is 6.42 Å². The minimum absolute atomic E-state index is 0.442. The third-order valence-electron chi connectivity index (χ3n) is 1.19. The molecule has 0 amide bonds. The molecule has 1 heterocycles. The van der Waals surface area contributed by atoms with Gasteiger partial charge in [-0.05, 0) is 12.1 Å². The second-order valence-electron chi connectivity index (χ2n) is 1.97. The Labute approximate surface area is 69.8 Å². The van der Waals surface area contributed by atoms with Crippen molar-refractivity contribution >= 4 is 11.6 Å². The van der Waals surface area contributed by atoms with Crippen LogP contribution in [-0.4, -0.2) is 10.1 Å². The average molecular weight is 168 g/mol. The maximum absolute atomic E-state index is 9.08. The number of rotatable bonds is 1. The average Bonchev–Trinajstić information content (AvgIpc) is 2.05. The first-order valence-corrected chi connectivity index (χ1v) is 3.37. The number of hydrogen-bond acceptors (Lipinski definition) is 2. The van der Waals surface area contributed by atoms with E-state index in [1.165, 1.54) is 6.20 Å². The van der Waals surface area contributed by atoms with Crippen LogP contribution in [0.15, 0.2) is 18.3 Å². The predicted molar refractivity (Wildman–Crippen MR) is 43.0 cm³/mol. The van der Waals surface area contributed by atoms with Gasteiger partial charge in [0.05, 0.1) is 10.7 Å². The minimum atomic E-state index is -0.938. The summed E-state index contributed by atoms with van der Waals surface area (Å²) >= 11 is 5.56. The Hall–Kier alpha value is -1.04. The van der Waals surface area contributed by atoms with E-state index in [0.717, 1.165) is 0 Å². The number of nitrogens with zero attached hydrogens (tertiary/aromatic N) is 1. The lowest BCUT2D eigenvalue weighted by molar-refractivity contribution is 0.233. The van der Waals surface area contributed by atoms with Gasteiger partial charge in [-0.2, -0.15) is 0 Å². The summed E-state index contributed by atoms with van der Waals surface area (Å²) in [6.07, 6.45) is 5.47. The van der Waals surface area contributed by atoms with Crippen LogP contribution < -0.4 is 0 Å². The Kier molecular flexibility index (Phi) is 2.48. The van der Waals surface area contributed by atoms with Gasteiger partial charge in [0.2, 0.25) is 0 Å². The molecular weight excluding hydrogens is 162 g/mol. The molecule has 11 heavy (non-hydrogen) atoms. The topological polar surface area (TPSA) is 33.1 Å². The zero-order chi connectivity index (χ0) is 8.27. The van der Waals surface area contributed by atoms with Crippen molar-refractivity contribution in [2.75, 3.05) is 0 Å². The van der Waals surface area contributed by atoms with Crippen molar-refractivity contribution < 1.29 is 5.11 Å². The number of aromatic nitrogens is 1. The smallest absolute Gasteiger partial charge is 0.156 e. The highest BCUT2D eigenvalue weighted by Gasteiger charge is 2.02. The highest BCUT2D eigenvalue weighted by molar-refractivity contribution is 6.30. The Balaban J connectivity index is 2.92. The lowest BCUT2D eigenvalue weighted by Gasteiger charge is -2.00. The summed E-state index contributed by atoms with van der Waals surface area (Å²) in [7, 11) is 0. The van der Waals surface area contributed by atoms with E-state index in [-0.39, 0.29) is 0 Å². The van der Waals surface area contributed by atoms with Crippen LogP contribution in [0.2, 0.25) is 5.02 Å². The highest BCUT2D eigenvalue weighted by Crippen LogP contribution is 2.11. The van der Waals surface area contributed by atoms with Crippen molar-refractivity contribution in [1.82, 2.24) is 4.98 Å². The van der Waals surface area contributed by atoms with Gasteiger partial charge < -0.3 is 5.11 Å². The first kappa shape index (κ1) is 8.06. The van der Waals surface area contributed by atoms with Crippen molar-refractivity contribution in [3.8, 4) is 12.3 Å². The lowest BCUT2D eigenvalue weighted by Crippen LogP contribution is -1.95. The predicted octanol–water partition coefficient (Wildman–Crippen LogP) is 1.40. The maximum atomic E-state index is 9.08. The molecule has 3 heteroatoms. The minimum Gasteiger partial charge on any atom is -0.374 e. The Bertz CT molecular complexity index is 275. The quantitative estimate of drug-likeness (QED) is 0.642. The third kappa shape index (κ3) is 1.94. The van der Waals surface area contributed by atoms with Gasteiger partial charge in [0.25, 0.3) is 0 Å². The Morgan fingerprint density at radius 1 is 1.64 bits per heavy atom. The molecule has 1 atom stereocenters. The van der Waals surface area contributed by atoms with Crippen molar-refractivity contribution in [2.45, 2.75) is 6.10 Å². The van der Waals surface area contributed by atoms with Crippen molar-refractivity contribution in [3.63, 3.8) is 0 Å². The second kappa shape index (κ2) is 3.38. The molecule has 0 unspecified atom stereocenters. The molecule has 0 saturated carbocycles. The summed E-state index contributed by atoms with van der Waals surface area (Å²) in [6, 6.07) is 3.22. The van der Waals surface area contributed by atoms with E-state index >= 15 is 0 Å². The molecule has 0 spiro atoms. The zero-order valence-electron chi connectivity index (χ0n) is 5.66. The molecule has 0 bridgehead atoms. The summed E-state index contributed by atoms with van der Waals surface area (Å²) in [6.45, 7) is 0. The van der Waals surface area contributed by atoms with E-state index in [0.29, 0.717) is 10.7 Å². The standard InChI is InChI=1S/C8H6ClNO/c1-2-8(11)7-4-3-6(9)5-10-7/h1,3-5,8,11H/t8-/m0/s1. The molecule has 0 aliphatic carbocycles. The number of aliphatic hydroxyl groups is 1. The first-order valence-electron chi connectivity index (χ1n) is 2.99. The second-order valence-corrected chi connectivity index (χ2v) is 2.41. The number of pyridine rings is 1. The normalized spacial score (nSPS) is 12.1. The van der Waals surface area contributed by atoms with Crippen LogP contribution in [-0.2, 0) is 0 Å². The molecular formula is C8H6ClNO. The molecule has 0 fully saturated rings. The molecule has 0 aliphatic rings. The number of terminal acetylenes is 1. The van der Waals surface area contributed by atoms with Crippen LogP contribution in [0.4, 0.5) is 0 Å². The fourth-order valence-corrected chi connectivity index (χ4v) is 0.746. The van der Waals surface area contributed by atoms with Gasteiger partial charge >= 0.3 is 0 Å². The summed E-state index contributed by atoms with van der Waals surface area (Å²) in [5.41, 5.74) is 0.442.